The Morgan fingerprint density at radius 2 is 2.10 bits per heavy atom. The molecule has 2 aliphatic rings. The lowest BCUT2D eigenvalue weighted by molar-refractivity contribution is -0.123. The number of hydrogen-bond donors (Lipinski definition) is 3. The van der Waals surface area contributed by atoms with Gasteiger partial charge in [0.25, 0.3) is 5.56 Å². The van der Waals surface area contributed by atoms with Crippen LogP contribution in [0.25, 0.3) is 0 Å². The number of carbonyl (C=O) groups excluding carboxylic acids is 2. The maximum Gasteiger partial charge on any atom is 0.258 e. The molecule has 1 aromatic carbocycles. The molecule has 158 valence electrons. The number of benzene rings is 1. The summed E-state index contributed by atoms with van der Waals surface area (Å²) >= 11 is 6.12. The van der Waals surface area contributed by atoms with Crippen molar-refractivity contribution in [1.29, 1.82) is 0 Å². The van der Waals surface area contributed by atoms with E-state index in [1.807, 2.05) is 0 Å². The fourth-order valence-corrected chi connectivity index (χ4v) is 4.39. The number of carbonyl (C=O) groups is 2. The highest BCUT2D eigenvalue weighted by molar-refractivity contribution is 6.33. The Morgan fingerprint density at radius 3 is 2.87 bits per heavy atom. The van der Waals surface area contributed by atoms with E-state index >= 15 is 0 Å². The Labute approximate surface area is 179 Å². The zero-order valence-corrected chi connectivity index (χ0v) is 17.5. The van der Waals surface area contributed by atoms with E-state index in [2.05, 4.69) is 32.4 Å². The molecule has 2 atom stereocenters. The molecule has 3 heterocycles. The third kappa shape index (κ3) is 3.92. The highest BCUT2D eigenvalue weighted by atomic mass is 35.5. The fourth-order valence-electron chi connectivity index (χ4n) is 4.21. The minimum absolute atomic E-state index is 0.130. The fraction of sp³-hybridized carbons (Fsp3) is 0.429. The monoisotopic (exact) mass is 429 g/mol. The van der Waals surface area contributed by atoms with Gasteiger partial charge < -0.3 is 15.5 Å². The summed E-state index contributed by atoms with van der Waals surface area (Å²) in [6.45, 7) is 2.90. The van der Waals surface area contributed by atoms with Crippen LogP contribution in [0.4, 0.5) is 17.5 Å². The molecule has 1 fully saturated rings. The molecule has 1 aromatic heterocycles. The van der Waals surface area contributed by atoms with Crippen LogP contribution >= 0.6 is 11.6 Å². The number of fused-ring (bicyclic) bond motifs is 1. The topological polar surface area (TPSA) is 107 Å². The van der Waals surface area contributed by atoms with Crippen molar-refractivity contribution < 1.29 is 9.59 Å². The number of amides is 2. The first-order valence-corrected chi connectivity index (χ1v) is 10.6. The quantitative estimate of drug-likeness (QED) is 0.691. The van der Waals surface area contributed by atoms with E-state index in [4.69, 9.17) is 11.6 Å². The van der Waals surface area contributed by atoms with Crippen molar-refractivity contribution in [3.63, 3.8) is 0 Å². The molecule has 2 aliphatic heterocycles. The first-order chi connectivity index (χ1) is 14.5. The molecule has 30 heavy (non-hydrogen) atoms. The SMILES string of the molecule is CCC1CCCCN1c1nc2c(c(=O)[nH]1)C(C(=O)Nc1ccccc1Cl)CC(=O)N2. The van der Waals surface area contributed by atoms with Gasteiger partial charge >= 0.3 is 0 Å². The summed E-state index contributed by atoms with van der Waals surface area (Å²) in [4.78, 5) is 47.7. The molecule has 4 rings (SSSR count). The Kier molecular flexibility index (Phi) is 5.76. The Hall–Kier alpha value is -2.87. The van der Waals surface area contributed by atoms with Crippen molar-refractivity contribution in [1.82, 2.24) is 9.97 Å². The highest BCUT2D eigenvalue weighted by Gasteiger charge is 2.36. The number of nitrogens with zero attached hydrogens (tertiary/aromatic N) is 2. The summed E-state index contributed by atoms with van der Waals surface area (Å²) < 4.78 is 0. The number of para-hydroxylation sites is 1. The van der Waals surface area contributed by atoms with E-state index < -0.39 is 17.4 Å². The first-order valence-electron chi connectivity index (χ1n) is 10.2. The lowest BCUT2D eigenvalue weighted by atomic mass is 9.92. The Bertz CT molecular complexity index is 1040. The number of H-pyrrole nitrogens is 1. The molecule has 2 unspecified atom stereocenters. The molecule has 2 amide bonds. The van der Waals surface area contributed by atoms with Gasteiger partial charge in [-0.25, -0.2) is 0 Å². The largest absolute Gasteiger partial charge is 0.339 e. The molecular weight excluding hydrogens is 406 g/mol. The molecular formula is C21H24ClN5O3. The van der Waals surface area contributed by atoms with Crippen molar-refractivity contribution in [3.05, 3.63) is 45.2 Å². The van der Waals surface area contributed by atoms with Gasteiger partial charge in [0.15, 0.2) is 0 Å². The maximum absolute atomic E-state index is 13.0. The van der Waals surface area contributed by atoms with Crippen molar-refractivity contribution in [3.8, 4) is 0 Å². The van der Waals surface area contributed by atoms with Gasteiger partial charge in [0.05, 0.1) is 22.2 Å². The molecule has 0 aliphatic carbocycles. The summed E-state index contributed by atoms with van der Waals surface area (Å²) in [7, 11) is 0. The number of halogens is 1. The number of rotatable bonds is 4. The predicted octanol–water partition coefficient (Wildman–Crippen LogP) is 3.26. The van der Waals surface area contributed by atoms with Crippen molar-refractivity contribution in [2.24, 2.45) is 0 Å². The number of nitrogens with one attached hydrogen (secondary N) is 3. The van der Waals surface area contributed by atoms with Gasteiger partial charge in [0, 0.05) is 19.0 Å². The van der Waals surface area contributed by atoms with E-state index in [-0.39, 0.29) is 23.7 Å². The van der Waals surface area contributed by atoms with Crippen LogP contribution < -0.4 is 21.1 Å². The lowest BCUT2D eigenvalue weighted by Gasteiger charge is -2.36. The molecule has 0 bridgehead atoms. The Morgan fingerprint density at radius 1 is 1.30 bits per heavy atom. The smallest absolute Gasteiger partial charge is 0.258 e. The average molecular weight is 430 g/mol. The van der Waals surface area contributed by atoms with Crippen LogP contribution in [0.2, 0.25) is 5.02 Å². The molecule has 0 spiro atoms. The zero-order chi connectivity index (χ0) is 21.3. The van der Waals surface area contributed by atoms with Crippen LogP contribution in [-0.4, -0.2) is 34.4 Å². The van der Waals surface area contributed by atoms with Gasteiger partial charge in [-0.2, -0.15) is 4.98 Å². The molecule has 8 nitrogen and oxygen atoms in total. The van der Waals surface area contributed by atoms with Gasteiger partial charge in [0.1, 0.15) is 5.82 Å². The average Bonchev–Trinajstić information content (AvgIpc) is 2.74. The first kappa shape index (κ1) is 20.4. The molecule has 0 saturated carbocycles. The second-order valence-electron chi connectivity index (χ2n) is 7.68. The molecule has 9 heteroatoms. The number of piperidine rings is 1. The number of anilines is 3. The summed E-state index contributed by atoms with van der Waals surface area (Å²) in [6, 6.07) is 7.10. The third-order valence-corrected chi connectivity index (χ3v) is 6.09. The van der Waals surface area contributed by atoms with Gasteiger partial charge in [-0.05, 0) is 37.8 Å². The highest BCUT2D eigenvalue weighted by Crippen LogP contribution is 2.32. The van der Waals surface area contributed by atoms with E-state index in [0.29, 0.717) is 22.7 Å². The second kappa shape index (κ2) is 8.47. The van der Waals surface area contributed by atoms with E-state index in [1.165, 1.54) is 0 Å². The standard InChI is InChI=1S/C21H24ClN5O3/c1-2-12-7-5-6-10-27(12)21-25-18-17(20(30)26-21)13(11-16(28)24-18)19(29)23-15-9-4-3-8-14(15)22/h3-4,8-9,12-13H,2,5-7,10-11H2,1H3,(H,23,29)(H2,24,25,26,28,30). The summed E-state index contributed by atoms with van der Waals surface area (Å²) in [5, 5.41) is 5.77. The van der Waals surface area contributed by atoms with Crippen LogP contribution in [0.3, 0.4) is 0 Å². The molecule has 3 N–H and O–H groups in total. The van der Waals surface area contributed by atoms with E-state index in [1.54, 1.807) is 24.3 Å². The minimum atomic E-state index is -0.946. The number of aromatic nitrogens is 2. The summed E-state index contributed by atoms with van der Waals surface area (Å²) in [5.74, 6) is -1.17. The Balaban J connectivity index is 1.67. The lowest BCUT2D eigenvalue weighted by Crippen LogP contribution is -2.43. The van der Waals surface area contributed by atoms with Crippen LogP contribution in [0.15, 0.2) is 29.1 Å². The maximum atomic E-state index is 13.0. The van der Waals surface area contributed by atoms with E-state index in [9.17, 15) is 14.4 Å². The van der Waals surface area contributed by atoms with Crippen molar-refractivity contribution in [2.75, 3.05) is 22.1 Å². The van der Waals surface area contributed by atoms with Crippen LogP contribution in [0.5, 0.6) is 0 Å². The normalized spacial score (nSPS) is 21.0. The van der Waals surface area contributed by atoms with Crippen LogP contribution in [-0.2, 0) is 9.59 Å². The number of hydrogen-bond acceptors (Lipinski definition) is 5. The van der Waals surface area contributed by atoms with Crippen molar-refractivity contribution in [2.45, 2.75) is 51.0 Å². The number of aromatic amines is 1. The summed E-state index contributed by atoms with van der Waals surface area (Å²) in [5.41, 5.74) is 0.194. The molecule has 2 aromatic rings. The summed E-state index contributed by atoms with van der Waals surface area (Å²) in [6.07, 6.45) is 4.01. The van der Waals surface area contributed by atoms with Gasteiger partial charge in [-0.15, -0.1) is 0 Å². The van der Waals surface area contributed by atoms with Crippen molar-refractivity contribution >= 4 is 40.9 Å². The third-order valence-electron chi connectivity index (χ3n) is 5.76. The minimum Gasteiger partial charge on any atom is -0.339 e. The molecule has 1 saturated heterocycles. The van der Waals surface area contributed by atoms with Crippen LogP contribution in [0.1, 0.15) is 50.5 Å². The van der Waals surface area contributed by atoms with Gasteiger partial charge in [-0.1, -0.05) is 30.7 Å². The van der Waals surface area contributed by atoms with Gasteiger partial charge in [-0.3, -0.25) is 19.4 Å². The van der Waals surface area contributed by atoms with E-state index in [0.717, 1.165) is 32.2 Å². The van der Waals surface area contributed by atoms with Crippen LogP contribution in [0, 0.1) is 0 Å². The predicted molar refractivity (Wildman–Crippen MR) is 116 cm³/mol. The second-order valence-corrected chi connectivity index (χ2v) is 8.08. The zero-order valence-electron chi connectivity index (χ0n) is 16.7. The molecule has 0 radical (unpaired) electrons. The van der Waals surface area contributed by atoms with Gasteiger partial charge in [0.2, 0.25) is 17.8 Å².